The zero-order valence-electron chi connectivity index (χ0n) is 23.0. The van der Waals surface area contributed by atoms with Gasteiger partial charge in [0.15, 0.2) is 17.3 Å². The maximum absolute atomic E-state index is 10.5. The number of hydrogen-bond donors (Lipinski definition) is 5. The van der Waals surface area contributed by atoms with Gasteiger partial charge in [0.2, 0.25) is 11.9 Å². The van der Waals surface area contributed by atoms with Crippen LogP contribution in [-0.2, 0) is 6.42 Å². The van der Waals surface area contributed by atoms with E-state index >= 15 is 0 Å². The number of nitrogens with zero attached hydrogens (tertiary/aromatic N) is 4. The van der Waals surface area contributed by atoms with Gasteiger partial charge in [0, 0.05) is 24.4 Å². The lowest BCUT2D eigenvalue weighted by Crippen LogP contribution is -2.23. The fourth-order valence-corrected chi connectivity index (χ4v) is 4.26. The first kappa shape index (κ1) is 27.6. The largest absolute Gasteiger partial charge is 0.493 e. The van der Waals surface area contributed by atoms with Gasteiger partial charge in [-0.2, -0.15) is 10.1 Å². The summed E-state index contributed by atoms with van der Waals surface area (Å²) in [5, 5.41) is 27.4. The molecule has 11 nitrogen and oxygen atoms in total. The molecule has 0 amide bonds. The topological polar surface area (TPSA) is 142 Å². The lowest BCUT2D eigenvalue weighted by atomic mass is 10.1. The zero-order valence-corrected chi connectivity index (χ0v) is 23.0. The third kappa shape index (κ3) is 6.96. The van der Waals surface area contributed by atoms with Gasteiger partial charge >= 0.3 is 0 Å². The number of hydrogen-bond acceptors (Lipinski definition) is 10. The summed E-state index contributed by atoms with van der Waals surface area (Å²) in [6, 6.07) is 23.4. The molecule has 5 N–H and O–H groups in total. The molecule has 11 heteroatoms. The zero-order chi connectivity index (χ0) is 28.6. The van der Waals surface area contributed by atoms with E-state index in [-0.39, 0.29) is 0 Å². The van der Waals surface area contributed by atoms with Crippen molar-refractivity contribution in [3.05, 3.63) is 95.8 Å². The minimum absolute atomic E-state index is 0.332. The summed E-state index contributed by atoms with van der Waals surface area (Å²) in [6.07, 6.45) is 1.51. The third-order valence-electron chi connectivity index (χ3n) is 6.50. The first-order chi connectivity index (χ1) is 20.0. The number of aliphatic hydroxyl groups is 1. The molecular formula is C30H32N8O3. The van der Waals surface area contributed by atoms with Gasteiger partial charge in [-0.05, 0) is 41.7 Å². The minimum atomic E-state index is -0.749. The van der Waals surface area contributed by atoms with Gasteiger partial charge in [0.05, 0.1) is 19.9 Å². The van der Waals surface area contributed by atoms with Crippen LogP contribution in [0.1, 0.15) is 22.9 Å². The van der Waals surface area contributed by atoms with E-state index in [1.54, 1.807) is 14.2 Å². The van der Waals surface area contributed by atoms with Gasteiger partial charge in [-0.15, -0.1) is 0 Å². The van der Waals surface area contributed by atoms with Crippen LogP contribution in [0.15, 0.2) is 79.1 Å². The first-order valence-electron chi connectivity index (χ1n) is 13.1. The molecule has 0 radical (unpaired) electrons. The SMILES string of the molecule is COc1cc(C)c(Nc2ncnc(Nc3cc(-c4ccc(C(O)NCCc5ccccc5)cc4)[nH]n3)n2)cc1OC. The summed E-state index contributed by atoms with van der Waals surface area (Å²) < 4.78 is 10.8. The van der Waals surface area contributed by atoms with Crippen molar-refractivity contribution in [1.29, 1.82) is 0 Å². The van der Waals surface area contributed by atoms with E-state index in [1.165, 1.54) is 11.9 Å². The van der Waals surface area contributed by atoms with Crippen molar-refractivity contribution in [3.8, 4) is 22.8 Å². The molecule has 1 atom stereocenters. The number of aliphatic hydroxyl groups excluding tert-OH is 1. The molecule has 2 aromatic heterocycles. The van der Waals surface area contributed by atoms with E-state index < -0.39 is 6.23 Å². The summed E-state index contributed by atoms with van der Waals surface area (Å²) in [7, 11) is 3.18. The normalized spacial score (nSPS) is 11.6. The van der Waals surface area contributed by atoms with Crippen LogP contribution < -0.4 is 25.4 Å². The predicted molar refractivity (Wildman–Crippen MR) is 158 cm³/mol. The predicted octanol–water partition coefficient (Wildman–Crippen LogP) is 4.90. The van der Waals surface area contributed by atoms with E-state index in [1.807, 2.05) is 67.6 Å². The van der Waals surface area contributed by atoms with Crippen molar-refractivity contribution in [3.63, 3.8) is 0 Å². The molecule has 0 aliphatic heterocycles. The minimum Gasteiger partial charge on any atom is -0.493 e. The Bertz CT molecular complexity index is 1570. The molecule has 0 aliphatic rings. The summed E-state index contributed by atoms with van der Waals surface area (Å²) in [6.45, 7) is 2.62. The van der Waals surface area contributed by atoms with Crippen molar-refractivity contribution in [1.82, 2.24) is 30.5 Å². The Balaban J connectivity index is 1.19. The average molecular weight is 553 g/mol. The van der Waals surface area contributed by atoms with Crippen LogP contribution in [0.5, 0.6) is 11.5 Å². The number of aromatic nitrogens is 5. The third-order valence-corrected chi connectivity index (χ3v) is 6.50. The molecule has 41 heavy (non-hydrogen) atoms. The van der Waals surface area contributed by atoms with Crippen molar-refractivity contribution < 1.29 is 14.6 Å². The molecule has 210 valence electrons. The molecule has 0 saturated heterocycles. The Labute approximate surface area is 238 Å². The molecule has 0 bridgehead atoms. The van der Waals surface area contributed by atoms with Crippen molar-refractivity contribution in [2.24, 2.45) is 0 Å². The fraction of sp³-hybridized carbons (Fsp3) is 0.200. The molecule has 5 rings (SSSR count). The number of methoxy groups -OCH3 is 2. The van der Waals surface area contributed by atoms with Crippen LogP contribution >= 0.6 is 0 Å². The summed E-state index contributed by atoms with van der Waals surface area (Å²) in [5.41, 5.74) is 5.46. The molecule has 3 aromatic carbocycles. The van der Waals surface area contributed by atoms with Crippen LogP contribution in [-0.4, -0.2) is 51.0 Å². The van der Waals surface area contributed by atoms with Gasteiger partial charge in [-0.3, -0.25) is 10.4 Å². The number of aryl methyl sites for hydroxylation is 1. The summed E-state index contributed by atoms with van der Waals surface area (Å²) in [5.74, 6) is 2.48. The second-order valence-corrected chi connectivity index (χ2v) is 9.29. The van der Waals surface area contributed by atoms with Gasteiger partial charge in [0.25, 0.3) is 0 Å². The van der Waals surface area contributed by atoms with Crippen LogP contribution in [0.25, 0.3) is 11.3 Å². The number of anilines is 4. The van der Waals surface area contributed by atoms with E-state index in [2.05, 4.69) is 53.2 Å². The molecule has 0 fully saturated rings. The molecule has 2 heterocycles. The number of rotatable bonds is 12. The van der Waals surface area contributed by atoms with Crippen LogP contribution in [0.4, 0.5) is 23.4 Å². The fourth-order valence-electron chi connectivity index (χ4n) is 4.26. The molecule has 5 aromatic rings. The molecule has 0 spiro atoms. The first-order valence-corrected chi connectivity index (χ1v) is 13.1. The Kier molecular flexibility index (Phi) is 8.67. The number of benzene rings is 3. The maximum Gasteiger partial charge on any atom is 0.233 e. The Morgan fingerprint density at radius 3 is 2.32 bits per heavy atom. The van der Waals surface area contributed by atoms with Gasteiger partial charge in [-0.1, -0.05) is 54.6 Å². The van der Waals surface area contributed by atoms with Crippen LogP contribution in [0, 0.1) is 6.92 Å². The molecule has 0 aliphatic carbocycles. The van der Waals surface area contributed by atoms with Crippen molar-refractivity contribution in [2.45, 2.75) is 19.6 Å². The number of H-pyrrole nitrogens is 1. The average Bonchev–Trinajstić information content (AvgIpc) is 3.47. The molecule has 1 unspecified atom stereocenters. The molecule has 0 saturated carbocycles. The Morgan fingerprint density at radius 2 is 1.59 bits per heavy atom. The van der Waals surface area contributed by atoms with E-state index in [0.29, 0.717) is 35.8 Å². The highest BCUT2D eigenvalue weighted by molar-refractivity contribution is 5.66. The smallest absolute Gasteiger partial charge is 0.233 e. The van der Waals surface area contributed by atoms with Crippen molar-refractivity contribution in [2.75, 3.05) is 31.4 Å². The van der Waals surface area contributed by atoms with Crippen LogP contribution in [0.2, 0.25) is 0 Å². The Morgan fingerprint density at radius 1 is 0.878 bits per heavy atom. The quantitative estimate of drug-likeness (QED) is 0.136. The van der Waals surface area contributed by atoms with E-state index in [9.17, 15) is 5.11 Å². The second-order valence-electron chi connectivity index (χ2n) is 9.29. The van der Waals surface area contributed by atoms with Gasteiger partial charge in [0.1, 0.15) is 12.6 Å². The highest BCUT2D eigenvalue weighted by atomic mass is 16.5. The second kappa shape index (κ2) is 12.9. The van der Waals surface area contributed by atoms with Gasteiger partial charge < -0.3 is 25.2 Å². The van der Waals surface area contributed by atoms with Crippen LogP contribution in [0.3, 0.4) is 0 Å². The number of nitrogens with one attached hydrogen (secondary N) is 4. The number of ether oxygens (including phenoxy) is 2. The highest BCUT2D eigenvalue weighted by Crippen LogP contribution is 2.34. The lowest BCUT2D eigenvalue weighted by Gasteiger charge is -2.13. The standard InChI is InChI=1S/C30H32N8O3/c1-19-15-25(40-2)26(41-3)16-23(19)34-29-32-18-33-30(36-29)35-27-17-24(37-38-27)21-9-11-22(12-10-21)28(39)31-14-13-20-7-5-4-6-8-20/h4-12,15-18,28,31,39H,13-14H2,1-3H3,(H3,32,33,34,35,36,37,38). The summed E-state index contributed by atoms with van der Waals surface area (Å²) >= 11 is 0. The number of aromatic amines is 1. The monoisotopic (exact) mass is 552 g/mol. The summed E-state index contributed by atoms with van der Waals surface area (Å²) in [4.78, 5) is 12.9. The lowest BCUT2D eigenvalue weighted by molar-refractivity contribution is 0.140. The van der Waals surface area contributed by atoms with Gasteiger partial charge in [-0.25, -0.2) is 9.97 Å². The van der Waals surface area contributed by atoms with E-state index in [4.69, 9.17) is 9.47 Å². The highest BCUT2D eigenvalue weighted by Gasteiger charge is 2.12. The van der Waals surface area contributed by atoms with Crippen molar-refractivity contribution >= 4 is 23.4 Å². The molecular weight excluding hydrogens is 520 g/mol. The maximum atomic E-state index is 10.5. The van der Waals surface area contributed by atoms with E-state index in [0.717, 1.165) is 34.5 Å². The Hall–Kier alpha value is -5.00.